The average molecular weight is 255 g/mol. The van der Waals surface area contributed by atoms with Gasteiger partial charge < -0.3 is 10.1 Å². The van der Waals surface area contributed by atoms with Gasteiger partial charge in [-0.1, -0.05) is 38.1 Å². The third kappa shape index (κ3) is 4.11. The Morgan fingerprint density at radius 2 is 1.68 bits per heavy atom. The number of hydrogen-bond donors (Lipinski definition) is 1. The van der Waals surface area contributed by atoms with Crippen LogP contribution in [-0.2, 0) is 13.0 Å². The van der Waals surface area contributed by atoms with Gasteiger partial charge in [-0.2, -0.15) is 0 Å². The van der Waals surface area contributed by atoms with Crippen molar-refractivity contribution in [1.82, 2.24) is 5.32 Å². The first-order valence-corrected chi connectivity index (χ1v) is 6.88. The molecule has 0 aliphatic heterocycles. The van der Waals surface area contributed by atoms with E-state index in [1.165, 1.54) is 11.1 Å². The van der Waals surface area contributed by atoms with Gasteiger partial charge in [0.1, 0.15) is 11.5 Å². The van der Waals surface area contributed by atoms with Crippen molar-refractivity contribution in [3.05, 3.63) is 59.7 Å². The fraction of sp³-hybridized carbons (Fsp3) is 0.294. The number of nitrogens with one attached hydrogen (secondary N) is 1. The first-order valence-electron chi connectivity index (χ1n) is 6.88. The maximum Gasteiger partial charge on any atom is 0.127 e. The predicted molar refractivity (Wildman–Crippen MR) is 79.7 cm³/mol. The maximum absolute atomic E-state index is 5.87. The number of rotatable bonds is 6. The molecule has 2 nitrogen and oxygen atoms in total. The average Bonchev–Trinajstić information content (AvgIpc) is 2.46. The second-order valence-corrected chi connectivity index (χ2v) is 4.53. The summed E-state index contributed by atoms with van der Waals surface area (Å²) in [4.78, 5) is 0. The molecule has 0 heterocycles. The van der Waals surface area contributed by atoms with Crippen LogP contribution in [0, 0.1) is 0 Å². The molecule has 0 amide bonds. The molecule has 2 aromatic carbocycles. The van der Waals surface area contributed by atoms with Gasteiger partial charge in [0.2, 0.25) is 0 Å². The Balaban J connectivity index is 2.05. The van der Waals surface area contributed by atoms with E-state index >= 15 is 0 Å². The molecule has 0 aliphatic carbocycles. The van der Waals surface area contributed by atoms with Gasteiger partial charge in [-0.25, -0.2) is 0 Å². The minimum absolute atomic E-state index is 0.877. The number of benzene rings is 2. The fourth-order valence-electron chi connectivity index (χ4n) is 1.92. The summed E-state index contributed by atoms with van der Waals surface area (Å²) in [6, 6.07) is 16.5. The molecule has 0 saturated carbocycles. The molecule has 0 spiro atoms. The molecule has 0 saturated heterocycles. The molecule has 100 valence electrons. The zero-order valence-electron chi connectivity index (χ0n) is 11.6. The van der Waals surface area contributed by atoms with Crippen LogP contribution in [0.15, 0.2) is 48.5 Å². The lowest BCUT2D eigenvalue weighted by atomic mass is 10.2. The van der Waals surface area contributed by atoms with Crippen LogP contribution in [0.2, 0.25) is 0 Å². The quantitative estimate of drug-likeness (QED) is 0.837. The highest BCUT2D eigenvalue weighted by atomic mass is 16.5. The predicted octanol–water partition coefficient (Wildman–Crippen LogP) is 4.15. The van der Waals surface area contributed by atoms with Gasteiger partial charge >= 0.3 is 0 Å². The van der Waals surface area contributed by atoms with Crippen molar-refractivity contribution >= 4 is 0 Å². The highest BCUT2D eigenvalue weighted by Crippen LogP contribution is 2.22. The van der Waals surface area contributed by atoms with E-state index in [0.29, 0.717) is 0 Å². The molecular formula is C17H21NO. The van der Waals surface area contributed by atoms with Crippen LogP contribution in [0.3, 0.4) is 0 Å². The van der Waals surface area contributed by atoms with E-state index in [0.717, 1.165) is 31.0 Å². The Bertz CT molecular complexity index is 505. The van der Waals surface area contributed by atoms with E-state index in [9.17, 15) is 0 Å². The van der Waals surface area contributed by atoms with Crippen LogP contribution in [-0.4, -0.2) is 6.54 Å². The van der Waals surface area contributed by atoms with Crippen LogP contribution >= 0.6 is 0 Å². The van der Waals surface area contributed by atoms with Crippen LogP contribution < -0.4 is 10.1 Å². The Morgan fingerprint density at radius 1 is 0.895 bits per heavy atom. The summed E-state index contributed by atoms with van der Waals surface area (Å²) >= 11 is 0. The lowest BCUT2D eigenvalue weighted by Crippen LogP contribution is -2.11. The molecule has 0 aliphatic rings. The summed E-state index contributed by atoms with van der Waals surface area (Å²) in [6.45, 7) is 6.11. The molecule has 2 aromatic rings. The van der Waals surface area contributed by atoms with Gasteiger partial charge in [-0.15, -0.1) is 0 Å². The van der Waals surface area contributed by atoms with Crippen molar-refractivity contribution in [3.8, 4) is 11.5 Å². The van der Waals surface area contributed by atoms with E-state index < -0.39 is 0 Å². The van der Waals surface area contributed by atoms with Gasteiger partial charge in [0.25, 0.3) is 0 Å². The van der Waals surface area contributed by atoms with Gasteiger partial charge in [-0.3, -0.25) is 0 Å². The van der Waals surface area contributed by atoms with Crippen molar-refractivity contribution in [2.75, 3.05) is 6.54 Å². The van der Waals surface area contributed by atoms with Crippen LogP contribution in [0.1, 0.15) is 25.0 Å². The van der Waals surface area contributed by atoms with Crippen molar-refractivity contribution in [2.45, 2.75) is 26.8 Å². The van der Waals surface area contributed by atoms with E-state index in [4.69, 9.17) is 4.74 Å². The van der Waals surface area contributed by atoms with Crippen molar-refractivity contribution in [1.29, 1.82) is 0 Å². The molecule has 0 fully saturated rings. The van der Waals surface area contributed by atoms with Gasteiger partial charge in [-0.05, 0) is 48.4 Å². The topological polar surface area (TPSA) is 21.3 Å². The standard InChI is InChI=1S/C17H21NO/c1-3-14-8-10-16(11-9-14)19-17-7-5-6-15(12-17)13-18-4-2/h5-12,18H,3-4,13H2,1-2H3. The molecular weight excluding hydrogens is 234 g/mol. The number of hydrogen-bond acceptors (Lipinski definition) is 2. The summed E-state index contributed by atoms with van der Waals surface area (Å²) < 4.78 is 5.87. The molecule has 0 radical (unpaired) electrons. The number of aryl methyl sites for hydroxylation is 1. The second kappa shape index (κ2) is 6.95. The minimum Gasteiger partial charge on any atom is -0.457 e. The smallest absolute Gasteiger partial charge is 0.127 e. The van der Waals surface area contributed by atoms with Crippen molar-refractivity contribution in [2.24, 2.45) is 0 Å². The SMILES string of the molecule is CCNCc1cccc(Oc2ccc(CC)cc2)c1. The Hall–Kier alpha value is -1.80. The molecule has 2 heteroatoms. The van der Waals surface area contributed by atoms with Crippen molar-refractivity contribution in [3.63, 3.8) is 0 Å². The third-order valence-corrected chi connectivity index (χ3v) is 3.04. The third-order valence-electron chi connectivity index (χ3n) is 3.04. The van der Waals surface area contributed by atoms with E-state index in [1.807, 2.05) is 24.3 Å². The summed E-state index contributed by atoms with van der Waals surface area (Å²) in [5, 5.41) is 3.32. The molecule has 19 heavy (non-hydrogen) atoms. The van der Waals surface area contributed by atoms with Crippen molar-refractivity contribution < 1.29 is 4.74 Å². The summed E-state index contributed by atoms with van der Waals surface area (Å²) in [5.41, 5.74) is 2.57. The monoisotopic (exact) mass is 255 g/mol. The summed E-state index contributed by atoms with van der Waals surface area (Å²) in [5.74, 6) is 1.78. The van der Waals surface area contributed by atoms with E-state index in [1.54, 1.807) is 0 Å². The van der Waals surface area contributed by atoms with E-state index in [2.05, 4.69) is 43.4 Å². The number of ether oxygens (including phenoxy) is 1. The van der Waals surface area contributed by atoms with Crippen LogP contribution in [0.25, 0.3) is 0 Å². The van der Waals surface area contributed by atoms with Gasteiger partial charge in [0.15, 0.2) is 0 Å². The van der Waals surface area contributed by atoms with Gasteiger partial charge in [0.05, 0.1) is 0 Å². The largest absolute Gasteiger partial charge is 0.457 e. The Kier molecular flexibility index (Phi) is 4.99. The lowest BCUT2D eigenvalue weighted by molar-refractivity contribution is 0.481. The first-order chi connectivity index (χ1) is 9.31. The minimum atomic E-state index is 0.877. The molecule has 0 bridgehead atoms. The molecule has 2 rings (SSSR count). The molecule has 0 unspecified atom stereocenters. The normalized spacial score (nSPS) is 10.4. The van der Waals surface area contributed by atoms with Gasteiger partial charge in [0, 0.05) is 6.54 Å². The lowest BCUT2D eigenvalue weighted by Gasteiger charge is -2.08. The molecule has 0 atom stereocenters. The zero-order chi connectivity index (χ0) is 13.5. The van der Waals surface area contributed by atoms with Crippen LogP contribution in [0.5, 0.6) is 11.5 Å². The Morgan fingerprint density at radius 3 is 2.37 bits per heavy atom. The summed E-state index contributed by atoms with van der Waals surface area (Å²) in [7, 11) is 0. The van der Waals surface area contributed by atoms with Crippen LogP contribution in [0.4, 0.5) is 0 Å². The zero-order valence-corrected chi connectivity index (χ0v) is 11.6. The Labute approximate surface area is 115 Å². The molecule has 0 aromatic heterocycles. The van der Waals surface area contributed by atoms with E-state index in [-0.39, 0.29) is 0 Å². The first kappa shape index (κ1) is 13.6. The summed E-state index contributed by atoms with van der Waals surface area (Å²) in [6.07, 6.45) is 1.05. The maximum atomic E-state index is 5.87. The second-order valence-electron chi connectivity index (χ2n) is 4.53. The molecule has 1 N–H and O–H groups in total. The highest BCUT2D eigenvalue weighted by Gasteiger charge is 1.99. The highest BCUT2D eigenvalue weighted by molar-refractivity contribution is 5.35. The fourth-order valence-corrected chi connectivity index (χ4v) is 1.92.